The number of halogens is 3. The minimum Gasteiger partial charge on any atom is -0.465 e. The second kappa shape index (κ2) is 5.72. The van der Waals surface area contributed by atoms with E-state index in [0.717, 1.165) is 6.07 Å². The van der Waals surface area contributed by atoms with E-state index in [-0.39, 0.29) is 12.0 Å². The zero-order valence-corrected chi connectivity index (χ0v) is 9.24. The highest BCUT2D eigenvalue weighted by molar-refractivity contribution is 5.64. The molecule has 100 valence electrons. The Balaban J connectivity index is 2.92. The lowest BCUT2D eigenvalue weighted by Gasteiger charge is -2.17. The van der Waals surface area contributed by atoms with E-state index < -0.39 is 30.5 Å². The van der Waals surface area contributed by atoms with Crippen molar-refractivity contribution in [3.05, 3.63) is 35.4 Å². The second-order valence-electron chi connectivity index (χ2n) is 3.69. The summed E-state index contributed by atoms with van der Waals surface area (Å²) >= 11 is 0. The molecule has 0 bridgehead atoms. The summed E-state index contributed by atoms with van der Waals surface area (Å²) in [6, 6.07) is 3.90. The van der Waals surface area contributed by atoms with Crippen molar-refractivity contribution in [1.82, 2.24) is 5.32 Å². The third-order valence-corrected chi connectivity index (χ3v) is 2.34. The lowest BCUT2D eigenvalue weighted by atomic mass is 10.0. The molecule has 0 saturated carbocycles. The van der Waals surface area contributed by atoms with Crippen LogP contribution in [0.3, 0.4) is 0 Å². The van der Waals surface area contributed by atoms with Gasteiger partial charge in [-0.1, -0.05) is 18.2 Å². The molecule has 3 N–H and O–H groups in total. The first-order valence-electron chi connectivity index (χ1n) is 5.10. The fourth-order valence-corrected chi connectivity index (χ4v) is 1.58. The van der Waals surface area contributed by atoms with Crippen LogP contribution in [0.2, 0.25) is 0 Å². The number of nitrogens with one attached hydrogen (secondary N) is 1. The number of hydrogen-bond acceptors (Lipinski definition) is 2. The van der Waals surface area contributed by atoms with Gasteiger partial charge in [-0.3, -0.25) is 0 Å². The number of carbonyl (C=O) groups is 1. The molecule has 0 radical (unpaired) electrons. The number of alkyl halides is 3. The highest BCUT2D eigenvalue weighted by Crippen LogP contribution is 2.32. The van der Waals surface area contributed by atoms with Crippen LogP contribution in [0, 0.1) is 0 Å². The van der Waals surface area contributed by atoms with Gasteiger partial charge in [0.15, 0.2) is 0 Å². The first kappa shape index (κ1) is 14.3. The third kappa shape index (κ3) is 3.92. The van der Waals surface area contributed by atoms with Crippen LogP contribution < -0.4 is 5.32 Å². The molecule has 1 rings (SSSR count). The van der Waals surface area contributed by atoms with Gasteiger partial charge in [0.2, 0.25) is 0 Å². The van der Waals surface area contributed by atoms with Gasteiger partial charge in [-0.2, -0.15) is 13.2 Å². The maximum atomic E-state index is 12.7. The third-order valence-electron chi connectivity index (χ3n) is 2.34. The van der Waals surface area contributed by atoms with Gasteiger partial charge in [-0.05, 0) is 18.1 Å². The predicted octanol–water partition coefficient (Wildman–Crippen LogP) is 1.88. The maximum absolute atomic E-state index is 12.7. The van der Waals surface area contributed by atoms with Crippen molar-refractivity contribution in [2.45, 2.75) is 18.6 Å². The second-order valence-corrected chi connectivity index (χ2v) is 3.69. The van der Waals surface area contributed by atoms with Crippen molar-refractivity contribution in [1.29, 1.82) is 0 Å². The molecule has 18 heavy (non-hydrogen) atoms. The van der Waals surface area contributed by atoms with Crippen LogP contribution in [0.15, 0.2) is 24.3 Å². The fraction of sp³-hybridized carbons (Fsp3) is 0.364. The van der Waals surface area contributed by atoms with Crippen LogP contribution in [0.1, 0.15) is 11.1 Å². The Morgan fingerprint density at radius 1 is 1.33 bits per heavy atom. The van der Waals surface area contributed by atoms with E-state index >= 15 is 0 Å². The lowest BCUT2D eigenvalue weighted by Crippen LogP contribution is -2.38. The van der Waals surface area contributed by atoms with E-state index in [1.807, 2.05) is 5.32 Å². The Kier molecular flexibility index (Phi) is 4.55. The number of rotatable bonds is 4. The smallest absolute Gasteiger partial charge is 0.416 e. The molecule has 1 aromatic rings. The molecule has 0 aliphatic carbocycles. The standard InChI is InChI=1S/C11H12F3NO3/c12-11(13,14)9-4-2-1-3-7(9)5-8(6-16)15-10(17)18/h1-4,8,15-16H,5-6H2,(H,17,18)/t8-/m0/s1. The highest BCUT2D eigenvalue weighted by atomic mass is 19.4. The number of aliphatic hydroxyl groups is 1. The highest BCUT2D eigenvalue weighted by Gasteiger charge is 2.33. The molecule has 1 atom stereocenters. The molecular formula is C11H12F3NO3. The number of aliphatic hydroxyl groups excluding tert-OH is 1. The van der Waals surface area contributed by atoms with Gasteiger partial charge in [0, 0.05) is 0 Å². The Morgan fingerprint density at radius 3 is 2.44 bits per heavy atom. The van der Waals surface area contributed by atoms with Crippen molar-refractivity contribution in [3.8, 4) is 0 Å². The first-order valence-corrected chi connectivity index (χ1v) is 5.10. The van der Waals surface area contributed by atoms with E-state index in [4.69, 9.17) is 10.2 Å². The maximum Gasteiger partial charge on any atom is 0.416 e. The van der Waals surface area contributed by atoms with Crippen LogP contribution in [-0.2, 0) is 12.6 Å². The average Bonchev–Trinajstić information content (AvgIpc) is 2.26. The average molecular weight is 263 g/mol. The molecule has 1 amide bonds. The summed E-state index contributed by atoms with van der Waals surface area (Å²) in [5.74, 6) is 0. The largest absolute Gasteiger partial charge is 0.465 e. The summed E-state index contributed by atoms with van der Waals surface area (Å²) < 4.78 is 38.0. The number of amides is 1. The van der Waals surface area contributed by atoms with Crippen LogP contribution in [0.25, 0.3) is 0 Å². The summed E-state index contributed by atoms with van der Waals surface area (Å²) in [7, 11) is 0. The molecule has 0 aromatic heterocycles. The summed E-state index contributed by atoms with van der Waals surface area (Å²) in [6.07, 6.45) is -6.11. The lowest BCUT2D eigenvalue weighted by molar-refractivity contribution is -0.138. The Bertz CT molecular complexity index is 420. The molecule has 0 fully saturated rings. The molecule has 0 aliphatic rings. The van der Waals surface area contributed by atoms with Crippen molar-refractivity contribution >= 4 is 6.09 Å². The molecule has 0 spiro atoms. The Labute approximate surface area is 101 Å². The molecule has 0 saturated heterocycles. The van der Waals surface area contributed by atoms with E-state index in [1.54, 1.807) is 0 Å². The molecule has 4 nitrogen and oxygen atoms in total. The van der Waals surface area contributed by atoms with Crippen LogP contribution in [-0.4, -0.2) is 29.0 Å². The molecule has 0 aliphatic heterocycles. The van der Waals surface area contributed by atoms with E-state index in [9.17, 15) is 18.0 Å². The minimum absolute atomic E-state index is 0.0576. The molecular weight excluding hydrogens is 251 g/mol. The van der Waals surface area contributed by atoms with Crippen LogP contribution in [0.4, 0.5) is 18.0 Å². The van der Waals surface area contributed by atoms with Gasteiger partial charge in [0.1, 0.15) is 0 Å². The van der Waals surface area contributed by atoms with E-state index in [0.29, 0.717) is 0 Å². The number of hydrogen-bond donors (Lipinski definition) is 3. The van der Waals surface area contributed by atoms with E-state index in [2.05, 4.69) is 0 Å². The van der Waals surface area contributed by atoms with Crippen molar-refractivity contribution in [3.63, 3.8) is 0 Å². The van der Waals surface area contributed by atoms with Gasteiger partial charge < -0.3 is 15.5 Å². The fourth-order valence-electron chi connectivity index (χ4n) is 1.58. The SMILES string of the molecule is O=C(O)N[C@H](CO)Cc1ccccc1C(F)(F)F. The number of benzene rings is 1. The van der Waals surface area contributed by atoms with E-state index in [1.165, 1.54) is 18.2 Å². The minimum atomic E-state index is -4.50. The first-order chi connectivity index (χ1) is 8.34. The summed E-state index contributed by atoms with van der Waals surface area (Å²) in [4.78, 5) is 10.4. The summed E-state index contributed by atoms with van der Waals surface area (Å²) in [5, 5.41) is 19.4. The van der Waals surface area contributed by atoms with Crippen LogP contribution >= 0.6 is 0 Å². The number of carboxylic acid groups (broad SMARTS) is 1. The van der Waals surface area contributed by atoms with Gasteiger partial charge >= 0.3 is 12.3 Å². The normalized spacial score (nSPS) is 13.1. The van der Waals surface area contributed by atoms with Crippen molar-refractivity contribution in [2.24, 2.45) is 0 Å². The van der Waals surface area contributed by atoms with Gasteiger partial charge in [0.05, 0.1) is 18.2 Å². The molecule has 0 unspecified atom stereocenters. The van der Waals surface area contributed by atoms with Gasteiger partial charge in [0.25, 0.3) is 0 Å². The Morgan fingerprint density at radius 2 is 1.94 bits per heavy atom. The zero-order valence-electron chi connectivity index (χ0n) is 9.24. The van der Waals surface area contributed by atoms with Crippen LogP contribution in [0.5, 0.6) is 0 Å². The topological polar surface area (TPSA) is 69.6 Å². The van der Waals surface area contributed by atoms with Gasteiger partial charge in [-0.15, -0.1) is 0 Å². The zero-order chi connectivity index (χ0) is 13.8. The van der Waals surface area contributed by atoms with Crippen molar-refractivity contribution in [2.75, 3.05) is 6.61 Å². The molecule has 7 heteroatoms. The predicted molar refractivity (Wildman–Crippen MR) is 57.2 cm³/mol. The summed E-state index contributed by atoms with van der Waals surface area (Å²) in [6.45, 7) is -0.571. The Hall–Kier alpha value is -1.76. The molecule has 0 heterocycles. The van der Waals surface area contributed by atoms with Crippen molar-refractivity contribution < 1.29 is 28.2 Å². The molecule has 1 aromatic carbocycles. The monoisotopic (exact) mass is 263 g/mol. The quantitative estimate of drug-likeness (QED) is 0.776. The van der Waals surface area contributed by atoms with Gasteiger partial charge in [-0.25, -0.2) is 4.79 Å². The summed E-state index contributed by atoms with van der Waals surface area (Å²) in [5.41, 5.74) is -0.881.